The standard InChI is InChI=1S/C15H23NO3S/c1-3-11-20(17,18)14-7-5-13(6-8-14)16-12-15(19-2)9-4-10-15/h5-8,16H,3-4,9-12H2,1-2H3. The van der Waals surface area contributed by atoms with Crippen LogP contribution in [0.15, 0.2) is 29.2 Å². The third kappa shape index (κ3) is 3.33. The van der Waals surface area contributed by atoms with Crippen molar-refractivity contribution in [3.05, 3.63) is 24.3 Å². The van der Waals surface area contributed by atoms with Crippen molar-refractivity contribution in [1.82, 2.24) is 0 Å². The maximum absolute atomic E-state index is 11.9. The van der Waals surface area contributed by atoms with Crippen LogP contribution in [0.3, 0.4) is 0 Å². The van der Waals surface area contributed by atoms with Crippen LogP contribution in [0, 0.1) is 0 Å². The van der Waals surface area contributed by atoms with Gasteiger partial charge in [0.2, 0.25) is 0 Å². The minimum Gasteiger partial charge on any atom is -0.382 e. The van der Waals surface area contributed by atoms with Gasteiger partial charge < -0.3 is 10.1 Å². The number of anilines is 1. The molecule has 0 unspecified atom stereocenters. The number of nitrogens with one attached hydrogen (secondary N) is 1. The third-order valence-electron chi connectivity index (χ3n) is 4.00. The fourth-order valence-electron chi connectivity index (χ4n) is 2.45. The molecule has 1 N–H and O–H groups in total. The van der Waals surface area contributed by atoms with Gasteiger partial charge in [0.25, 0.3) is 0 Å². The Hall–Kier alpha value is -1.07. The molecular weight excluding hydrogens is 274 g/mol. The lowest BCUT2D eigenvalue weighted by atomic mass is 9.80. The largest absolute Gasteiger partial charge is 0.382 e. The molecule has 0 atom stereocenters. The van der Waals surface area contributed by atoms with Gasteiger partial charge in [-0.15, -0.1) is 0 Å². The van der Waals surface area contributed by atoms with E-state index in [9.17, 15) is 8.42 Å². The van der Waals surface area contributed by atoms with Gasteiger partial charge in [-0.2, -0.15) is 0 Å². The number of hydrogen-bond acceptors (Lipinski definition) is 4. The molecule has 0 spiro atoms. The van der Waals surface area contributed by atoms with Crippen molar-refractivity contribution in [2.75, 3.05) is 24.7 Å². The van der Waals surface area contributed by atoms with Gasteiger partial charge in [0.05, 0.1) is 16.2 Å². The summed E-state index contributed by atoms with van der Waals surface area (Å²) < 4.78 is 29.4. The zero-order valence-corrected chi connectivity index (χ0v) is 13.0. The molecule has 1 aliphatic rings. The van der Waals surface area contributed by atoms with Crippen LogP contribution in [0.25, 0.3) is 0 Å². The quantitative estimate of drug-likeness (QED) is 0.841. The molecule has 1 aliphatic carbocycles. The molecule has 0 bridgehead atoms. The first-order chi connectivity index (χ1) is 9.51. The van der Waals surface area contributed by atoms with E-state index >= 15 is 0 Å². The van der Waals surface area contributed by atoms with Gasteiger partial charge >= 0.3 is 0 Å². The van der Waals surface area contributed by atoms with E-state index in [0.29, 0.717) is 11.3 Å². The number of sulfone groups is 1. The number of benzene rings is 1. The van der Waals surface area contributed by atoms with E-state index in [1.165, 1.54) is 6.42 Å². The number of methoxy groups -OCH3 is 1. The molecule has 20 heavy (non-hydrogen) atoms. The lowest BCUT2D eigenvalue weighted by Gasteiger charge is -2.40. The van der Waals surface area contributed by atoms with Crippen molar-refractivity contribution in [3.8, 4) is 0 Å². The molecular formula is C15H23NO3S. The zero-order valence-electron chi connectivity index (χ0n) is 12.2. The summed E-state index contributed by atoms with van der Waals surface area (Å²) in [5.74, 6) is 0.201. The fourth-order valence-corrected chi connectivity index (χ4v) is 3.78. The second-order valence-electron chi connectivity index (χ2n) is 5.44. The fraction of sp³-hybridized carbons (Fsp3) is 0.600. The first kappa shape index (κ1) is 15.3. The molecule has 1 aromatic carbocycles. The highest BCUT2D eigenvalue weighted by molar-refractivity contribution is 7.91. The molecule has 1 aromatic rings. The Labute approximate surface area is 121 Å². The van der Waals surface area contributed by atoms with Crippen molar-refractivity contribution >= 4 is 15.5 Å². The lowest BCUT2D eigenvalue weighted by Crippen LogP contribution is -2.45. The molecule has 112 valence electrons. The molecule has 1 saturated carbocycles. The Balaban J connectivity index is 1.98. The maximum atomic E-state index is 11.9. The molecule has 0 heterocycles. The highest BCUT2D eigenvalue weighted by Gasteiger charge is 2.36. The summed E-state index contributed by atoms with van der Waals surface area (Å²) >= 11 is 0. The van der Waals surface area contributed by atoms with E-state index in [-0.39, 0.29) is 11.4 Å². The van der Waals surface area contributed by atoms with Crippen LogP contribution < -0.4 is 5.32 Å². The Morgan fingerprint density at radius 3 is 2.35 bits per heavy atom. The average molecular weight is 297 g/mol. The average Bonchev–Trinajstić information content (AvgIpc) is 2.38. The summed E-state index contributed by atoms with van der Waals surface area (Å²) in [7, 11) is -1.37. The third-order valence-corrected chi connectivity index (χ3v) is 5.93. The smallest absolute Gasteiger partial charge is 0.178 e. The number of hydrogen-bond donors (Lipinski definition) is 1. The Bertz CT molecular complexity index is 527. The van der Waals surface area contributed by atoms with Gasteiger partial charge in [0, 0.05) is 19.3 Å². The van der Waals surface area contributed by atoms with E-state index in [0.717, 1.165) is 25.1 Å². The van der Waals surface area contributed by atoms with Gasteiger partial charge in [-0.25, -0.2) is 8.42 Å². The molecule has 0 amide bonds. The summed E-state index contributed by atoms with van der Waals surface area (Å²) in [4.78, 5) is 0.398. The highest BCUT2D eigenvalue weighted by Crippen LogP contribution is 2.35. The molecule has 2 rings (SSSR count). The van der Waals surface area contributed by atoms with Gasteiger partial charge in [-0.05, 0) is 49.9 Å². The van der Waals surface area contributed by atoms with Crippen molar-refractivity contribution in [2.45, 2.75) is 43.1 Å². The van der Waals surface area contributed by atoms with Crippen LogP contribution in [0.1, 0.15) is 32.6 Å². The Morgan fingerprint density at radius 1 is 1.25 bits per heavy atom. The number of ether oxygens (including phenoxy) is 1. The van der Waals surface area contributed by atoms with Crippen LogP contribution in [0.2, 0.25) is 0 Å². The summed E-state index contributed by atoms with van der Waals surface area (Å²) in [6.45, 7) is 2.64. The molecule has 5 heteroatoms. The van der Waals surface area contributed by atoms with Gasteiger partial charge in [-0.1, -0.05) is 6.92 Å². The minimum absolute atomic E-state index is 0.0348. The van der Waals surface area contributed by atoms with Gasteiger partial charge in [-0.3, -0.25) is 0 Å². The van der Waals surface area contributed by atoms with Gasteiger partial charge in [0.15, 0.2) is 9.84 Å². The maximum Gasteiger partial charge on any atom is 0.178 e. The molecule has 0 saturated heterocycles. The van der Waals surface area contributed by atoms with E-state index in [2.05, 4.69) is 5.32 Å². The predicted octanol–water partition coefficient (Wildman–Crippen LogP) is 2.85. The SMILES string of the molecule is CCCS(=O)(=O)c1ccc(NCC2(OC)CCC2)cc1. The Morgan fingerprint density at radius 2 is 1.90 bits per heavy atom. The van der Waals surface area contributed by atoms with Crippen LogP contribution >= 0.6 is 0 Å². The molecule has 4 nitrogen and oxygen atoms in total. The van der Waals surface area contributed by atoms with Crippen molar-refractivity contribution < 1.29 is 13.2 Å². The molecule has 0 radical (unpaired) electrons. The summed E-state index contributed by atoms with van der Waals surface area (Å²) in [6.07, 6.45) is 4.02. The second-order valence-corrected chi connectivity index (χ2v) is 7.55. The Kier molecular flexibility index (Phi) is 4.70. The van der Waals surface area contributed by atoms with E-state index in [1.54, 1.807) is 19.2 Å². The van der Waals surface area contributed by atoms with Crippen molar-refractivity contribution in [3.63, 3.8) is 0 Å². The zero-order chi connectivity index (χ0) is 14.6. The lowest BCUT2D eigenvalue weighted by molar-refractivity contribution is -0.0601. The highest BCUT2D eigenvalue weighted by atomic mass is 32.2. The molecule has 0 aliphatic heterocycles. The van der Waals surface area contributed by atoms with Crippen LogP contribution in [-0.4, -0.2) is 33.4 Å². The first-order valence-corrected chi connectivity index (χ1v) is 8.78. The topological polar surface area (TPSA) is 55.4 Å². The van der Waals surface area contributed by atoms with Crippen LogP contribution in [0.4, 0.5) is 5.69 Å². The summed E-state index contributed by atoms with van der Waals surface area (Å²) in [5, 5.41) is 3.33. The van der Waals surface area contributed by atoms with Crippen LogP contribution in [-0.2, 0) is 14.6 Å². The monoisotopic (exact) mass is 297 g/mol. The van der Waals surface area contributed by atoms with Gasteiger partial charge in [0.1, 0.15) is 0 Å². The molecule has 1 fully saturated rings. The van der Waals surface area contributed by atoms with Crippen LogP contribution in [0.5, 0.6) is 0 Å². The van der Waals surface area contributed by atoms with E-state index in [1.807, 2.05) is 19.1 Å². The van der Waals surface area contributed by atoms with E-state index < -0.39 is 9.84 Å². The van der Waals surface area contributed by atoms with Crippen molar-refractivity contribution in [2.24, 2.45) is 0 Å². The van der Waals surface area contributed by atoms with Crippen molar-refractivity contribution in [1.29, 1.82) is 0 Å². The summed E-state index contributed by atoms with van der Waals surface area (Å²) in [6, 6.07) is 7.00. The number of rotatable bonds is 7. The summed E-state index contributed by atoms with van der Waals surface area (Å²) in [5.41, 5.74) is 0.899. The van der Waals surface area contributed by atoms with E-state index in [4.69, 9.17) is 4.74 Å². The second kappa shape index (κ2) is 6.14. The molecule has 0 aromatic heterocycles. The predicted molar refractivity (Wildman–Crippen MR) is 80.9 cm³/mol. The minimum atomic E-state index is -3.12. The normalized spacial score (nSPS) is 17.5. The first-order valence-electron chi connectivity index (χ1n) is 7.13.